The third-order valence-electron chi connectivity index (χ3n) is 3.91. The molecule has 0 aliphatic rings. The number of methoxy groups -OCH3 is 1. The molecule has 0 saturated carbocycles. The summed E-state index contributed by atoms with van der Waals surface area (Å²) in [5.74, 6) is 0.874. The Kier molecular flexibility index (Phi) is 5.99. The van der Waals surface area contributed by atoms with Crippen molar-refractivity contribution in [1.82, 2.24) is 5.32 Å². The average Bonchev–Trinajstić information content (AvgIpc) is 2.54. The molecule has 2 rings (SSSR count). The van der Waals surface area contributed by atoms with Gasteiger partial charge in [0.25, 0.3) is 0 Å². The van der Waals surface area contributed by atoms with E-state index in [1.807, 2.05) is 43.3 Å². The van der Waals surface area contributed by atoms with E-state index in [0.717, 1.165) is 23.3 Å². The summed E-state index contributed by atoms with van der Waals surface area (Å²) in [4.78, 5) is 0. The molecule has 0 aliphatic carbocycles. The Balaban J connectivity index is 1.84. The summed E-state index contributed by atoms with van der Waals surface area (Å²) in [6.07, 6.45) is 0.448. The van der Waals surface area contributed by atoms with Crippen LogP contribution < -0.4 is 10.1 Å². The minimum Gasteiger partial charge on any atom is -0.497 e. The van der Waals surface area contributed by atoms with Gasteiger partial charge in [-0.1, -0.05) is 36.4 Å². The standard InChI is InChI=1S/C19H25NO2/c1-14-6-4-5-7-18(14)19(21)13-20-15(2)12-16-8-10-17(22-3)11-9-16/h4-11,15,19-21H,12-13H2,1-3H3. The van der Waals surface area contributed by atoms with Gasteiger partial charge in [-0.15, -0.1) is 0 Å². The summed E-state index contributed by atoms with van der Waals surface area (Å²) in [5.41, 5.74) is 3.37. The van der Waals surface area contributed by atoms with Gasteiger partial charge in [0.2, 0.25) is 0 Å². The number of benzene rings is 2. The lowest BCUT2D eigenvalue weighted by Gasteiger charge is -2.19. The van der Waals surface area contributed by atoms with Crippen LogP contribution in [0.5, 0.6) is 5.75 Å². The zero-order valence-corrected chi connectivity index (χ0v) is 13.5. The molecular formula is C19H25NO2. The quantitative estimate of drug-likeness (QED) is 0.824. The van der Waals surface area contributed by atoms with Gasteiger partial charge in [0.15, 0.2) is 0 Å². The maximum absolute atomic E-state index is 10.3. The van der Waals surface area contributed by atoms with Gasteiger partial charge >= 0.3 is 0 Å². The zero-order valence-electron chi connectivity index (χ0n) is 13.5. The Hall–Kier alpha value is -1.84. The molecule has 0 aliphatic heterocycles. The molecule has 2 aromatic carbocycles. The number of hydrogen-bond acceptors (Lipinski definition) is 3. The zero-order chi connectivity index (χ0) is 15.9. The molecule has 3 nitrogen and oxygen atoms in total. The predicted octanol–water partition coefficient (Wildman–Crippen LogP) is 3.26. The normalized spacial score (nSPS) is 13.6. The second-order valence-corrected chi connectivity index (χ2v) is 5.73. The summed E-state index contributed by atoms with van der Waals surface area (Å²) in [6.45, 7) is 4.72. The molecule has 0 spiro atoms. The molecule has 2 aromatic rings. The summed E-state index contributed by atoms with van der Waals surface area (Å²) >= 11 is 0. The van der Waals surface area contributed by atoms with Gasteiger partial charge < -0.3 is 15.2 Å². The van der Waals surface area contributed by atoms with Crippen molar-refractivity contribution in [3.63, 3.8) is 0 Å². The highest BCUT2D eigenvalue weighted by atomic mass is 16.5. The van der Waals surface area contributed by atoms with Crippen molar-refractivity contribution in [3.8, 4) is 5.75 Å². The first-order chi connectivity index (χ1) is 10.6. The topological polar surface area (TPSA) is 41.5 Å². The summed E-state index contributed by atoms with van der Waals surface area (Å²) in [6, 6.07) is 16.4. The molecule has 2 atom stereocenters. The maximum atomic E-state index is 10.3. The monoisotopic (exact) mass is 299 g/mol. The van der Waals surface area contributed by atoms with Crippen LogP contribution in [0.4, 0.5) is 0 Å². The van der Waals surface area contributed by atoms with E-state index in [-0.39, 0.29) is 0 Å². The molecule has 2 N–H and O–H groups in total. The molecule has 0 radical (unpaired) electrons. The number of nitrogens with one attached hydrogen (secondary N) is 1. The van der Waals surface area contributed by atoms with Crippen LogP contribution in [0.1, 0.15) is 29.7 Å². The molecule has 0 fully saturated rings. The Bertz CT molecular complexity index is 580. The lowest BCUT2D eigenvalue weighted by atomic mass is 10.0. The number of aliphatic hydroxyl groups excluding tert-OH is 1. The highest BCUT2D eigenvalue weighted by Gasteiger charge is 2.11. The second-order valence-electron chi connectivity index (χ2n) is 5.73. The molecule has 0 bridgehead atoms. The summed E-state index contributed by atoms with van der Waals surface area (Å²) < 4.78 is 5.16. The first-order valence-corrected chi connectivity index (χ1v) is 7.70. The van der Waals surface area contributed by atoms with Gasteiger partial charge in [0.1, 0.15) is 5.75 Å². The molecule has 0 amide bonds. The van der Waals surface area contributed by atoms with E-state index in [9.17, 15) is 5.11 Å². The number of ether oxygens (including phenoxy) is 1. The fourth-order valence-electron chi connectivity index (χ4n) is 2.57. The van der Waals surface area contributed by atoms with E-state index in [4.69, 9.17) is 4.74 Å². The van der Waals surface area contributed by atoms with Crippen molar-refractivity contribution in [2.24, 2.45) is 0 Å². The summed E-state index contributed by atoms with van der Waals surface area (Å²) in [5, 5.41) is 13.7. The van der Waals surface area contributed by atoms with E-state index >= 15 is 0 Å². The van der Waals surface area contributed by atoms with Crippen LogP contribution in [0.3, 0.4) is 0 Å². The second kappa shape index (κ2) is 7.97. The smallest absolute Gasteiger partial charge is 0.118 e. The highest BCUT2D eigenvalue weighted by molar-refractivity contribution is 5.28. The van der Waals surface area contributed by atoms with E-state index in [1.54, 1.807) is 7.11 Å². The first-order valence-electron chi connectivity index (χ1n) is 7.70. The number of hydrogen-bond donors (Lipinski definition) is 2. The molecule has 0 saturated heterocycles. The highest BCUT2D eigenvalue weighted by Crippen LogP contribution is 2.17. The van der Waals surface area contributed by atoms with Gasteiger partial charge in [0, 0.05) is 12.6 Å². The van der Waals surface area contributed by atoms with Gasteiger partial charge in [-0.3, -0.25) is 0 Å². The molecular weight excluding hydrogens is 274 g/mol. The van der Waals surface area contributed by atoms with Crippen LogP contribution in [0, 0.1) is 6.92 Å². The Morgan fingerprint density at radius 1 is 1.09 bits per heavy atom. The Morgan fingerprint density at radius 3 is 2.41 bits per heavy atom. The lowest BCUT2D eigenvalue weighted by molar-refractivity contribution is 0.170. The molecule has 118 valence electrons. The Labute approximate surface area is 133 Å². The van der Waals surface area contributed by atoms with E-state index in [2.05, 4.69) is 24.4 Å². The van der Waals surface area contributed by atoms with Crippen molar-refractivity contribution in [2.45, 2.75) is 32.4 Å². The van der Waals surface area contributed by atoms with Crippen LogP contribution in [-0.2, 0) is 6.42 Å². The average molecular weight is 299 g/mol. The van der Waals surface area contributed by atoms with Crippen molar-refractivity contribution >= 4 is 0 Å². The molecule has 0 heterocycles. The molecule has 3 heteroatoms. The molecule has 0 aromatic heterocycles. The maximum Gasteiger partial charge on any atom is 0.118 e. The molecule has 2 unspecified atom stereocenters. The van der Waals surface area contributed by atoms with Gasteiger partial charge in [-0.05, 0) is 49.1 Å². The van der Waals surface area contributed by atoms with Crippen molar-refractivity contribution < 1.29 is 9.84 Å². The lowest BCUT2D eigenvalue weighted by Crippen LogP contribution is -2.32. The van der Waals surface area contributed by atoms with Crippen LogP contribution in [-0.4, -0.2) is 24.8 Å². The fourth-order valence-corrected chi connectivity index (χ4v) is 2.57. The van der Waals surface area contributed by atoms with Crippen LogP contribution >= 0.6 is 0 Å². The van der Waals surface area contributed by atoms with Crippen LogP contribution in [0.2, 0.25) is 0 Å². The Morgan fingerprint density at radius 2 is 1.77 bits per heavy atom. The summed E-state index contributed by atoms with van der Waals surface area (Å²) in [7, 11) is 1.67. The van der Waals surface area contributed by atoms with E-state index in [0.29, 0.717) is 12.6 Å². The number of rotatable bonds is 7. The minimum absolute atomic E-state index is 0.298. The third-order valence-corrected chi connectivity index (χ3v) is 3.91. The van der Waals surface area contributed by atoms with E-state index < -0.39 is 6.10 Å². The largest absolute Gasteiger partial charge is 0.497 e. The van der Waals surface area contributed by atoms with Crippen molar-refractivity contribution in [2.75, 3.05) is 13.7 Å². The van der Waals surface area contributed by atoms with Crippen LogP contribution in [0.15, 0.2) is 48.5 Å². The van der Waals surface area contributed by atoms with Crippen molar-refractivity contribution in [1.29, 1.82) is 0 Å². The number of aryl methyl sites for hydroxylation is 1. The first kappa shape index (κ1) is 16.5. The predicted molar refractivity (Wildman–Crippen MR) is 90.3 cm³/mol. The number of aliphatic hydroxyl groups is 1. The van der Waals surface area contributed by atoms with Gasteiger partial charge in [0.05, 0.1) is 13.2 Å². The van der Waals surface area contributed by atoms with Crippen molar-refractivity contribution in [3.05, 3.63) is 65.2 Å². The molecule has 22 heavy (non-hydrogen) atoms. The fraction of sp³-hybridized carbons (Fsp3) is 0.368. The third kappa shape index (κ3) is 4.58. The van der Waals surface area contributed by atoms with Gasteiger partial charge in [-0.25, -0.2) is 0 Å². The SMILES string of the molecule is COc1ccc(CC(C)NCC(O)c2ccccc2C)cc1. The minimum atomic E-state index is -0.473. The van der Waals surface area contributed by atoms with Crippen LogP contribution in [0.25, 0.3) is 0 Å². The van der Waals surface area contributed by atoms with E-state index in [1.165, 1.54) is 5.56 Å². The van der Waals surface area contributed by atoms with Gasteiger partial charge in [-0.2, -0.15) is 0 Å².